The van der Waals surface area contributed by atoms with E-state index in [0.717, 1.165) is 11.3 Å². The third kappa shape index (κ3) is 3.85. The highest BCUT2D eigenvalue weighted by molar-refractivity contribution is 5.79. The van der Waals surface area contributed by atoms with Crippen LogP contribution < -0.4 is 9.47 Å². The van der Waals surface area contributed by atoms with Crippen LogP contribution in [0.25, 0.3) is 0 Å². The number of hydrogen-bond donors (Lipinski definition) is 0. The Kier molecular flexibility index (Phi) is 4.56. The monoisotopic (exact) mass is 255 g/mol. The van der Waals surface area contributed by atoms with Crippen LogP contribution in [-0.2, 0) is 4.79 Å². The van der Waals surface area contributed by atoms with Crippen molar-refractivity contribution in [2.24, 2.45) is 0 Å². The summed E-state index contributed by atoms with van der Waals surface area (Å²) in [7, 11) is 0. The van der Waals surface area contributed by atoms with Gasteiger partial charge in [-0.2, -0.15) is 0 Å². The van der Waals surface area contributed by atoms with Gasteiger partial charge >= 0.3 is 0 Å². The largest absolute Gasteiger partial charge is 0.490 e. The highest BCUT2D eigenvalue weighted by atomic mass is 16.5. The van der Waals surface area contributed by atoms with Crippen LogP contribution in [0.3, 0.4) is 0 Å². The average molecular weight is 255 g/mol. The maximum absolute atomic E-state index is 10.8. The summed E-state index contributed by atoms with van der Waals surface area (Å²) in [4.78, 5) is 10.8. The zero-order valence-corrected chi connectivity index (χ0v) is 10.8. The highest BCUT2D eigenvalue weighted by Gasteiger charge is 2.04. The third-order valence-corrected chi connectivity index (χ3v) is 2.60. The maximum atomic E-state index is 10.8. The van der Waals surface area contributed by atoms with Crippen LogP contribution in [-0.4, -0.2) is 19.5 Å². The maximum Gasteiger partial charge on any atom is 0.237 e. The zero-order chi connectivity index (χ0) is 13.5. The first-order valence-electron chi connectivity index (χ1n) is 6.09. The number of carbonyl (C=O) groups excluding carboxylic acids is 1. The van der Waals surface area contributed by atoms with Crippen molar-refractivity contribution < 1.29 is 14.3 Å². The standard InChI is InChI=1S/C16H15O3/c1-13-7-8-14(12-17)16(11-13)19-10-9-18-15-5-3-2-4-6-15/h2-8,11H,9-10H2,1H3. The van der Waals surface area contributed by atoms with Gasteiger partial charge in [0.2, 0.25) is 6.29 Å². The lowest BCUT2D eigenvalue weighted by molar-refractivity contribution is 0.217. The topological polar surface area (TPSA) is 35.5 Å². The lowest BCUT2D eigenvalue weighted by atomic mass is 10.1. The summed E-state index contributed by atoms with van der Waals surface area (Å²) in [6.45, 7) is 2.76. The Morgan fingerprint density at radius 3 is 2.47 bits per heavy atom. The van der Waals surface area contributed by atoms with Crippen molar-refractivity contribution in [3.05, 3.63) is 59.7 Å². The van der Waals surface area contributed by atoms with E-state index in [9.17, 15) is 4.79 Å². The summed E-state index contributed by atoms with van der Waals surface area (Å²) in [5.41, 5.74) is 1.48. The molecule has 0 aromatic heterocycles. The molecule has 0 unspecified atom stereocenters. The second kappa shape index (κ2) is 6.59. The van der Waals surface area contributed by atoms with Gasteiger partial charge in [-0.05, 0) is 36.8 Å². The molecule has 1 radical (unpaired) electrons. The number of ether oxygens (including phenoxy) is 2. The summed E-state index contributed by atoms with van der Waals surface area (Å²) in [6, 6.07) is 14.9. The molecule has 19 heavy (non-hydrogen) atoms. The van der Waals surface area contributed by atoms with Crippen LogP contribution in [0.4, 0.5) is 0 Å². The minimum atomic E-state index is 0.382. The number of aryl methyl sites for hydroxylation is 1. The smallest absolute Gasteiger partial charge is 0.237 e. The first kappa shape index (κ1) is 13.1. The predicted molar refractivity (Wildman–Crippen MR) is 73.4 cm³/mol. The third-order valence-electron chi connectivity index (χ3n) is 2.60. The van der Waals surface area contributed by atoms with Gasteiger partial charge in [-0.1, -0.05) is 24.3 Å². The summed E-state index contributed by atoms with van der Waals surface area (Å²) in [5, 5.41) is 0. The van der Waals surface area contributed by atoms with E-state index in [-0.39, 0.29) is 0 Å². The molecule has 0 saturated carbocycles. The van der Waals surface area contributed by atoms with Crippen LogP contribution in [0, 0.1) is 6.92 Å². The first-order chi connectivity index (χ1) is 9.29. The fourth-order valence-electron chi connectivity index (χ4n) is 1.66. The molecule has 97 valence electrons. The van der Waals surface area contributed by atoms with Crippen molar-refractivity contribution >= 4 is 6.29 Å². The van der Waals surface area contributed by atoms with Gasteiger partial charge in [-0.3, -0.25) is 4.79 Å². The van der Waals surface area contributed by atoms with Gasteiger partial charge in [0.05, 0.1) is 5.56 Å². The molecule has 0 atom stereocenters. The summed E-state index contributed by atoms with van der Waals surface area (Å²) < 4.78 is 11.1. The number of hydrogen-bond acceptors (Lipinski definition) is 3. The molecule has 0 aliphatic rings. The molecule has 0 saturated heterocycles. The molecule has 0 bridgehead atoms. The van der Waals surface area contributed by atoms with Gasteiger partial charge < -0.3 is 9.47 Å². The molecule has 2 rings (SSSR count). The number of benzene rings is 2. The minimum absolute atomic E-state index is 0.382. The number of para-hydroxylation sites is 1. The molecule has 2 aromatic carbocycles. The van der Waals surface area contributed by atoms with Crippen LogP contribution in [0.15, 0.2) is 48.5 Å². The van der Waals surface area contributed by atoms with E-state index in [1.165, 1.54) is 0 Å². The molecule has 0 N–H and O–H groups in total. The van der Waals surface area contributed by atoms with E-state index in [4.69, 9.17) is 9.47 Å². The Hall–Kier alpha value is -2.29. The van der Waals surface area contributed by atoms with E-state index in [1.807, 2.05) is 55.7 Å². The van der Waals surface area contributed by atoms with Crippen LogP contribution in [0.2, 0.25) is 0 Å². The summed E-state index contributed by atoms with van der Waals surface area (Å²) in [5.74, 6) is 1.35. The normalized spacial score (nSPS) is 9.95. The fraction of sp³-hybridized carbons (Fsp3) is 0.188. The summed E-state index contributed by atoms with van der Waals surface area (Å²) in [6.07, 6.45) is 1.87. The molecule has 0 aliphatic carbocycles. The van der Waals surface area contributed by atoms with Crippen molar-refractivity contribution in [3.63, 3.8) is 0 Å². The van der Waals surface area contributed by atoms with Gasteiger partial charge in [-0.15, -0.1) is 0 Å². The molecule has 0 aliphatic heterocycles. The van der Waals surface area contributed by atoms with Gasteiger partial charge in [0.15, 0.2) is 0 Å². The molecule has 0 amide bonds. The van der Waals surface area contributed by atoms with Crippen molar-refractivity contribution in [1.29, 1.82) is 0 Å². The Bertz CT molecular complexity index is 535. The Morgan fingerprint density at radius 2 is 1.74 bits per heavy atom. The lowest BCUT2D eigenvalue weighted by Gasteiger charge is -2.10. The molecule has 0 spiro atoms. The van der Waals surface area contributed by atoms with Crippen molar-refractivity contribution in [2.75, 3.05) is 13.2 Å². The lowest BCUT2D eigenvalue weighted by Crippen LogP contribution is -2.10. The molecule has 3 heteroatoms. The first-order valence-corrected chi connectivity index (χ1v) is 6.09. The van der Waals surface area contributed by atoms with Crippen LogP contribution in [0.5, 0.6) is 11.5 Å². The number of rotatable bonds is 6. The van der Waals surface area contributed by atoms with Crippen molar-refractivity contribution in [1.82, 2.24) is 0 Å². The van der Waals surface area contributed by atoms with Crippen molar-refractivity contribution in [3.8, 4) is 11.5 Å². The zero-order valence-electron chi connectivity index (χ0n) is 10.8. The van der Waals surface area contributed by atoms with Gasteiger partial charge in [0, 0.05) is 0 Å². The second-order valence-electron chi connectivity index (χ2n) is 4.11. The Morgan fingerprint density at radius 1 is 1.00 bits per heavy atom. The van der Waals surface area contributed by atoms with Crippen LogP contribution >= 0.6 is 0 Å². The van der Waals surface area contributed by atoms with Gasteiger partial charge in [0.25, 0.3) is 0 Å². The van der Waals surface area contributed by atoms with Gasteiger partial charge in [-0.25, -0.2) is 0 Å². The van der Waals surface area contributed by atoms with Crippen molar-refractivity contribution in [2.45, 2.75) is 6.92 Å². The SMILES string of the molecule is Cc1ccc([C]=O)c(OCCOc2ccccc2)c1. The van der Waals surface area contributed by atoms with E-state index >= 15 is 0 Å². The highest BCUT2D eigenvalue weighted by Crippen LogP contribution is 2.18. The molecule has 0 heterocycles. The Labute approximate surface area is 112 Å². The quantitative estimate of drug-likeness (QED) is 0.744. The fourth-order valence-corrected chi connectivity index (χ4v) is 1.66. The van der Waals surface area contributed by atoms with Crippen LogP contribution in [0.1, 0.15) is 11.1 Å². The summed E-state index contributed by atoms with van der Waals surface area (Å²) >= 11 is 0. The van der Waals surface area contributed by atoms with Gasteiger partial charge in [0.1, 0.15) is 24.7 Å². The van der Waals surface area contributed by atoms with E-state index in [1.54, 1.807) is 6.07 Å². The predicted octanol–water partition coefficient (Wildman–Crippen LogP) is 2.91. The molecule has 2 aromatic rings. The van der Waals surface area contributed by atoms with E-state index in [2.05, 4.69) is 0 Å². The molecular weight excluding hydrogens is 240 g/mol. The molecule has 0 fully saturated rings. The second-order valence-corrected chi connectivity index (χ2v) is 4.11. The van der Waals surface area contributed by atoms with E-state index in [0.29, 0.717) is 24.5 Å². The average Bonchev–Trinajstić information content (AvgIpc) is 2.45. The molecular formula is C16H15O3. The Balaban J connectivity index is 1.86. The minimum Gasteiger partial charge on any atom is -0.490 e. The van der Waals surface area contributed by atoms with E-state index < -0.39 is 0 Å². The molecule has 3 nitrogen and oxygen atoms in total.